The van der Waals surface area contributed by atoms with Crippen LogP contribution in [0.25, 0.3) is 0 Å². The van der Waals surface area contributed by atoms with E-state index in [9.17, 15) is 9.59 Å². The second kappa shape index (κ2) is 8.60. The topological polar surface area (TPSA) is 79.5 Å². The number of halogens is 1. The first-order valence-corrected chi connectivity index (χ1v) is 7.07. The van der Waals surface area contributed by atoms with Crippen LogP contribution in [0, 0.1) is 0 Å². The van der Waals surface area contributed by atoms with E-state index in [1.54, 1.807) is 25.3 Å². The summed E-state index contributed by atoms with van der Waals surface area (Å²) in [5.74, 6) is 0.345. The summed E-state index contributed by atoms with van der Waals surface area (Å²) in [6.45, 7) is 2.41. The fraction of sp³-hybridized carbons (Fsp3) is 0.467. The summed E-state index contributed by atoms with van der Waals surface area (Å²) in [6.07, 6.45) is 2.57. The van der Waals surface area contributed by atoms with Crippen molar-refractivity contribution in [3.8, 4) is 5.75 Å². The molecular weight excluding hydrogens is 306 g/mol. The molecule has 6 nitrogen and oxygen atoms in total. The largest absolute Gasteiger partial charge is 0.495 e. The van der Waals surface area contributed by atoms with Gasteiger partial charge >= 0.3 is 0 Å². The fourth-order valence-electron chi connectivity index (χ4n) is 2.44. The Hall–Kier alpha value is -1.79. The van der Waals surface area contributed by atoms with E-state index in [2.05, 4.69) is 16.0 Å². The van der Waals surface area contributed by atoms with Gasteiger partial charge in [-0.1, -0.05) is 0 Å². The van der Waals surface area contributed by atoms with Gasteiger partial charge in [-0.25, -0.2) is 0 Å². The third kappa shape index (κ3) is 5.20. The quantitative estimate of drug-likeness (QED) is 0.774. The second-order valence-electron chi connectivity index (χ2n) is 5.14. The Morgan fingerprint density at radius 2 is 2.14 bits per heavy atom. The van der Waals surface area contributed by atoms with Crippen LogP contribution in [0.3, 0.4) is 0 Å². The van der Waals surface area contributed by atoms with E-state index in [4.69, 9.17) is 4.74 Å². The zero-order valence-electron chi connectivity index (χ0n) is 12.8. The first-order valence-electron chi connectivity index (χ1n) is 7.07. The van der Waals surface area contributed by atoms with Crippen molar-refractivity contribution < 1.29 is 14.3 Å². The number of rotatable bonds is 5. The summed E-state index contributed by atoms with van der Waals surface area (Å²) >= 11 is 0. The first kappa shape index (κ1) is 18.3. The number of benzene rings is 1. The number of carbonyl (C=O) groups excluding carboxylic acids is 2. The Bertz CT molecular complexity index is 531. The van der Waals surface area contributed by atoms with Crippen molar-refractivity contribution in [1.29, 1.82) is 0 Å². The van der Waals surface area contributed by atoms with Crippen molar-refractivity contribution in [3.05, 3.63) is 18.2 Å². The molecule has 1 aliphatic heterocycles. The van der Waals surface area contributed by atoms with E-state index < -0.39 is 0 Å². The van der Waals surface area contributed by atoms with Gasteiger partial charge in [0.2, 0.25) is 11.8 Å². The van der Waals surface area contributed by atoms with E-state index in [1.807, 2.05) is 0 Å². The van der Waals surface area contributed by atoms with Crippen LogP contribution in [0.5, 0.6) is 5.75 Å². The minimum atomic E-state index is -0.160. The molecule has 2 amide bonds. The standard InChI is InChI=1S/C15H21N3O3.ClH/c1-10(19)17-12-5-6-14(21-2)13(8-12)18-15(20)9-11-4-3-7-16-11;/h5-6,8,11,16H,3-4,7,9H2,1-2H3,(H,17,19)(H,18,20);1H. The molecule has 1 unspecified atom stereocenters. The molecule has 0 spiro atoms. The van der Waals surface area contributed by atoms with Gasteiger partial charge < -0.3 is 20.7 Å². The van der Waals surface area contributed by atoms with E-state index in [0.717, 1.165) is 19.4 Å². The number of anilines is 2. The van der Waals surface area contributed by atoms with E-state index >= 15 is 0 Å². The summed E-state index contributed by atoms with van der Waals surface area (Å²) in [5.41, 5.74) is 1.18. The van der Waals surface area contributed by atoms with Crippen molar-refractivity contribution in [2.45, 2.75) is 32.2 Å². The lowest BCUT2D eigenvalue weighted by molar-refractivity contribution is -0.116. The average Bonchev–Trinajstić information content (AvgIpc) is 2.91. The smallest absolute Gasteiger partial charge is 0.226 e. The molecular formula is C15H22ClN3O3. The number of methoxy groups -OCH3 is 1. The molecule has 1 atom stereocenters. The molecule has 1 aromatic rings. The molecule has 2 rings (SSSR count). The van der Waals surface area contributed by atoms with Gasteiger partial charge in [0.25, 0.3) is 0 Å². The Kier molecular flexibility index (Phi) is 7.14. The molecule has 122 valence electrons. The van der Waals surface area contributed by atoms with Crippen LogP contribution < -0.4 is 20.7 Å². The third-order valence-corrected chi connectivity index (χ3v) is 3.39. The molecule has 0 saturated carbocycles. The highest BCUT2D eigenvalue weighted by atomic mass is 35.5. The summed E-state index contributed by atoms with van der Waals surface area (Å²) in [5, 5.41) is 8.82. The van der Waals surface area contributed by atoms with Crippen molar-refractivity contribution in [2.24, 2.45) is 0 Å². The zero-order valence-corrected chi connectivity index (χ0v) is 13.6. The van der Waals surface area contributed by atoms with Crippen LogP contribution >= 0.6 is 12.4 Å². The van der Waals surface area contributed by atoms with Crippen molar-refractivity contribution in [3.63, 3.8) is 0 Å². The predicted molar refractivity (Wildman–Crippen MR) is 88.8 cm³/mol. The maximum atomic E-state index is 12.1. The molecule has 1 aromatic carbocycles. The molecule has 7 heteroatoms. The number of carbonyl (C=O) groups is 2. The Balaban J connectivity index is 0.00000242. The SMILES string of the molecule is COc1ccc(NC(C)=O)cc1NC(=O)CC1CCCN1.Cl. The van der Waals surface area contributed by atoms with Crippen LogP contribution in [0.4, 0.5) is 11.4 Å². The average molecular weight is 328 g/mol. The molecule has 1 saturated heterocycles. The summed E-state index contributed by atoms with van der Waals surface area (Å²) in [6, 6.07) is 5.39. The van der Waals surface area contributed by atoms with E-state index in [0.29, 0.717) is 23.5 Å². The number of ether oxygens (including phenoxy) is 1. The Labute approximate surface area is 136 Å². The fourth-order valence-corrected chi connectivity index (χ4v) is 2.44. The molecule has 1 heterocycles. The molecule has 0 aromatic heterocycles. The first-order chi connectivity index (χ1) is 10.1. The lowest BCUT2D eigenvalue weighted by Gasteiger charge is -2.14. The summed E-state index contributed by atoms with van der Waals surface area (Å²) in [7, 11) is 1.54. The maximum absolute atomic E-state index is 12.1. The summed E-state index contributed by atoms with van der Waals surface area (Å²) < 4.78 is 5.23. The van der Waals surface area contributed by atoms with Gasteiger partial charge in [0, 0.05) is 25.1 Å². The van der Waals surface area contributed by atoms with Gasteiger partial charge in [0.05, 0.1) is 12.8 Å². The van der Waals surface area contributed by atoms with Crippen molar-refractivity contribution in [2.75, 3.05) is 24.3 Å². The van der Waals surface area contributed by atoms with E-state index in [-0.39, 0.29) is 30.3 Å². The van der Waals surface area contributed by atoms with Crippen molar-refractivity contribution >= 4 is 35.6 Å². The third-order valence-electron chi connectivity index (χ3n) is 3.39. The summed E-state index contributed by atoms with van der Waals surface area (Å²) in [4.78, 5) is 23.2. The highest BCUT2D eigenvalue weighted by Crippen LogP contribution is 2.28. The van der Waals surface area contributed by atoms with Gasteiger partial charge in [-0.3, -0.25) is 9.59 Å². The molecule has 1 fully saturated rings. The van der Waals surface area contributed by atoms with Gasteiger partial charge in [-0.2, -0.15) is 0 Å². The zero-order chi connectivity index (χ0) is 15.2. The normalized spacial score (nSPS) is 16.5. The van der Waals surface area contributed by atoms with Gasteiger partial charge in [-0.05, 0) is 37.6 Å². The number of hydrogen-bond acceptors (Lipinski definition) is 4. The second-order valence-corrected chi connectivity index (χ2v) is 5.14. The maximum Gasteiger partial charge on any atom is 0.226 e. The number of hydrogen-bond donors (Lipinski definition) is 3. The molecule has 3 N–H and O–H groups in total. The van der Waals surface area contributed by atoms with Crippen LogP contribution in [0.15, 0.2) is 18.2 Å². The minimum Gasteiger partial charge on any atom is -0.495 e. The Morgan fingerprint density at radius 3 is 2.73 bits per heavy atom. The molecule has 0 aliphatic carbocycles. The Morgan fingerprint density at radius 1 is 1.36 bits per heavy atom. The molecule has 1 aliphatic rings. The van der Waals surface area contributed by atoms with Gasteiger partial charge in [0.15, 0.2) is 0 Å². The molecule has 0 radical (unpaired) electrons. The number of nitrogens with one attached hydrogen (secondary N) is 3. The molecule has 0 bridgehead atoms. The van der Waals surface area contributed by atoms with Crippen LogP contribution in [0.1, 0.15) is 26.2 Å². The van der Waals surface area contributed by atoms with E-state index in [1.165, 1.54) is 6.92 Å². The van der Waals surface area contributed by atoms with Crippen LogP contribution in [-0.2, 0) is 9.59 Å². The highest BCUT2D eigenvalue weighted by Gasteiger charge is 2.18. The predicted octanol–water partition coefficient (Wildman–Crippen LogP) is 2.16. The number of amides is 2. The van der Waals surface area contributed by atoms with Gasteiger partial charge in [0.1, 0.15) is 5.75 Å². The monoisotopic (exact) mass is 327 g/mol. The highest BCUT2D eigenvalue weighted by molar-refractivity contribution is 5.95. The van der Waals surface area contributed by atoms with Crippen LogP contribution in [-0.4, -0.2) is 31.5 Å². The lowest BCUT2D eigenvalue weighted by atomic mass is 10.1. The minimum absolute atomic E-state index is 0. The van der Waals surface area contributed by atoms with Crippen LogP contribution in [0.2, 0.25) is 0 Å². The molecule has 22 heavy (non-hydrogen) atoms. The van der Waals surface area contributed by atoms with Gasteiger partial charge in [-0.15, -0.1) is 12.4 Å². The lowest BCUT2D eigenvalue weighted by Crippen LogP contribution is -2.27. The van der Waals surface area contributed by atoms with Crippen molar-refractivity contribution in [1.82, 2.24) is 5.32 Å².